The summed E-state index contributed by atoms with van der Waals surface area (Å²) in [5.41, 5.74) is -1.12. The molecular formula is C40H59N5O10S. The third kappa shape index (κ3) is 9.63. The van der Waals surface area contributed by atoms with Crippen LogP contribution in [0.1, 0.15) is 77.9 Å². The van der Waals surface area contributed by atoms with E-state index in [2.05, 4.69) is 26.9 Å². The minimum Gasteiger partial charge on any atom is -0.497 e. The second-order valence-corrected chi connectivity index (χ2v) is 18.4. The number of ether oxygens (including phenoxy) is 3. The molecule has 1 saturated heterocycles. The number of methoxy groups -OCH3 is 2. The van der Waals surface area contributed by atoms with E-state index in [9.17, 15) is 27.6 Å². The fourth-order valence-electron chi connectivity index (χ4n) is 6.61. The predicted octanol–water partition coefficient (Wildman–Crippen LogP) is 5.84. The molecule has 2 aliphatic carbocycles. The Morgan fingerprint density at radius 2 is 1.77 bits per heavy atom. The van der Waals surface area contributed by atoms with Crippen molar-refractivity contribution in [3.05, 3.63) is 55.5 Å². The smallest absolute Gasteiger partial charge is 0.408 e. The second-order valence-electron chi connectivity index (χ2n) is 16.4. The molecule has 3 N–H and O–H groups in total. The monoisotopic (exact) mass is 801 g/mol. The third-order valence-corrected chi connectivity index (χ3v) is 11.7. The molecule has 1 aromatic carbocycles. The number of rotatable bonds is 11. The highest BCUT2D eigenvalue weighted by Crippen LogP contribution is 2.45. The number of nitrogens with zero attached hydrogens (tertiary/aromatic N) is 2. The van der Waals surface area contributed by atoms with E-state index in [4.69, 9.17) is 18.6 Å². The van der Waals surface area contributed by atoms with Crippen molar-refractivity contribution < 1.29 is 50.5 Å². The number of amides is 4. The van der Waals surface area contributed by atoms with E-state index in [0.717, 1.165) is 27.8 Å². The molecule has 4 atom stereocenters. The number of carbonyl (C=O) groups excluding carboxylic acids is 4. The molecule has 0 radical (unpaired) electrons. The molecule has 3 heterocycles. The van der Waals surface area contributed by atoms with E-state index < -0.39 is 73.6 Å². The van der Waals surface area contributed by atoms with Gasteiger partial charge < -0.3 is 34.2 Å². The number of benzene rings is 1. The molecule has 3 aromatic rings. The molecule has 15 nitrogen and oxygen atoms in total. The summed E-state index contributed by atoms with van der Waals surface area (Å²) in [5.74, 6) is -0.781. The van der Waals surface area contributed by atoms with Crippen LogP contribution < -0.4 is 24.8 Å². The van der Waals surface area contributed by atoms with Crippen molar-refractivity contribution in [1.82, 2.24) is 25.2 Å². The lowest BCUT2D eigenvalue weighted by atomic mass is 9.85. The van der Waals surface area contributed by atoms with Gasteiger partial charge in [-0.1, -0.05) is 26.8 Å². The Hall–Kier alpha value is -5.12. The predicted molar refractivity (Wildman–Crippen MR) is 216 cm³/mol. The number of aromatic nitrogens is 1. The summed E-state index contributed by atoms with van der Waals surface area (Å²) in [6.45, 7) is 14.6. The van der Waals surface area contributed by atoms with Gasteiger partial charge in [0.15, 0.2) is 0 Å². The number of likely N-dealkylation sites (tertiary alicyclic amines) is 1. The number of sulfonamides is 1. The first kappa shape index (κ1) is 42.0. The highest BCUT2D eigenvalue weighted by Gasteiger charge is 2.61. The topological polar surface area (TPSA) is 195 Å². The molecule has 3 fully saturated rings. The SMILES string of the molecule is C=C[C@@H]1C[C@]1(NC(=O)[C@@H]1CCCN1C(=O)[C@@H](NC(=O)OC(C)(C)C)C(C)(C)C)C(=O)NS(=O)(=O)C1CC1.COc1ccc2c(OC)nc(-c3ccoc3)cc2c1.[HH].[HH].[HH]. The quantitative estimate of drug-likeness (QED) is 0.197. The van der Waals surface area contributed by atoms with E-state index in [1.54, 1.807) is 68.3 Å². The van der Waals surface area contributed by atoms with Gasteiger partial charge in [-0.05, 0) is 94.0 Å². The molecule has 56 heavy (non-hydrogen) atoms. The first-order valence-electron chi connectivity index (χ1n) is 18.6. The Morgan fingerprint density at radius 1 is 1.05 bits per heavy atom. The second kappa shape index (κ2) is 16.2. The average molecular weight is 802 g/mol. The van der Waals surface area contributed by atoms with Crippen molar-refractivity contribution in [1.29, 1.82) is 0 Å². The van der Waals surface area contributed by atoms with Crippen molar-refractivity contribution in [3.63, 3.8) is 0 Å². The molecule has 0 spiro atoms. The first-order valence-corrected chi connectivity index (χ1v) is 20.1. The summed E-state index contributed by atoms with van der Waals surface area (Å²) < 4.78 is 47.8. The zero-order valence-electron chi connectivity index (χ0n) is 33.3. The summed E-state index contributed by atoms with van der Waals surface area (Å²) in [5, 5.41) is 6.78. The number of fused-ring (bicyclic) bond motifs is 1. The van der Waals surface area contributed by atoms with Crippen LogP contribution in [0.2, 0.25) is 0 Å². The zero-order chi connectivity index (χ0) is 41.2. The maximum atomic E-state index is 13.6. The average Bonchev–Trinajstić information content (AvgIpc) is 3.98. The zero-order valence-corrected chi connectivity index (χ0v) is 34.1. The van der Waals surface area contributed by atoms with Gasteiger partial charge in [0.05, 0.1) is 37.7 Å². The van der Waals surface area contributed by atoms with Crippen LogP contribution in [0.15, 0.2) is 59.9 Å². The van der Waals surface area contributed by atoms with Gasteiger partial charge in [-0.15, -0.1) is 6.58 Å². The van der Waals surface area contributed by atoms with Gasteiger partial charge in [-0.25, -0.2) is 18.2 Å². The summed E-state index contributed by atoms with van der Waals surface area (Å²) >= 11 is 0. The van der Waals surface area contributed by atoms with Crippen LogP contribution in [-0.2, 0) is 29.1 Å². The fraction of sp³-hybridized carbons (Fsp3) is 0.525. The molecular weight excluding hydrogens is 743 g/mol. The summed E-state index contributed by atoms with van der Waals surface area (Å²) in [7, 11) is -0.529. The maximum Gasteiger partial charge on any atom is 0.408 e. The van der Waals surface area contributed by atoms with Gasteiger partial charge in [0.1, 0.15) is 29.0 Å². The number of pyridine rings is 1. The maximum absolute atomic E-state index is 13.6. The Morgan fingerprint density at radius 3 is 2.32 bits per heavy atom. The van der Waals surface area contributed by atoms with E-state index in [0.29, 0.717) is 38.1 Å². The molecule has 6 rings (SSSR count). The Bertz CT molecular complexity index is 2090. The molecule has 1 aliphatic heterocycles. The lowest BCUT2D eigenvalue weighted by Gasteiger charge is -2.36. The molecule has 16 heteroatoms. The van der Waals surface area contributed by atoms with E-state index in [-0.39, 0.29) is 10.7 Å². The molecule has 4 amide bonds. The normalized spacial score (nSPS) is 21.2. The molecule has 2 aromatic heterocycles. The molecule has 2 saturated carbocycles. The van der Waals surface area contributed by atoms with Crippen molar-refractivity contribution >= 4 is 44.6 Å². The van der Waals surface area contributed by atoms with Gasteiger partial charge in [0, 0.05) is 27.7 Å². The molecule has 0 unspecified atom stereocenters. The highest BCUT2D eigenvalue weighted by molar-refractivity contribution is 7.91. The van der Waals surface area contributed by atoms with Gasteiger partial charge in [-0.3, -0.25) is 19.1 Å². The number of furan rings is 1. The summed E-state index contributed by atoms with van der Waals surface area (Å²) in [6.07, 6.45) is 6.22. The molecule has 310 valence electrons. The number of alkyl carbamates (subject to hydrolysis) is 1. The van der Waals surface area contributed by atoms with Crippen LogP contribution in [0.4, 0.5) is 4.79 Å². The largest absolute Gasteiger partial charge is 0.497 e. The number of carbonyl (C=O) groups is 4. The molecule has 0 bridgehead atoms. The summed E-state index contributed by atoms with van der Waals surface area (Å²) in [6, 6.07) is 7.83. The van der Waals surface area contributed by atoms with Crippen LogP contribution in [0, 0.1) is 11.3 Å². The standard InChI is InChI=1S/C25H40N4O7S.C15H13NO3.3H2/c1-8-15-14-25(15,21(32)28-37(34,35)16-11-12-16)27-19(30)17-10-9-13-29(17)20(31)18(23(2,3)4)26-22(33)36-24(5,6)7;1-17-12-3-4-13-11(7-12)8-14(16-15(13)18-2)10-5-6-19-9-10;;;/h8,15-18H,1,9-14H2,2-7H3,(H,26,33)(H,27,30)(H,28,32);3-9H,1-2H3;3*1H/t15-,17+,18-,25-;;;;/m1..../s1. The van der Waals surface area contributed by atoms with Crippen LogP contribution in [-0.4, -0.2) is 91.4 Å². The Kier molecular flexibility index (Phi) is 12.1. The van der Waals surface area contributed by atoms with Gasteiger partial charge in [-0.2, -0.15) is 0 Å². The number of hydrogen-bond donors (Lipinski definition) is 3. The van der Waals surface area contributed by atoms with Crippen molar-refractivity contribution in [2.45, 2.75) is 102 Å². The van der Waals surface area contributed by atoms with E-state index >= 15 is 0 Å². The summed E-state index contributed by atoms with van der Waals surface area (Å²) in [4.78, 5) is 58.4. The van der Waals surface area contributed by atoms with Gasteiger partial charge in [0.25, 0.3) is 5.91 Å². The first-order chi connectivity index (χ1) is 26.2. The van der Waals surface area contributed by atoms with E-state index in [1.807, 2.05) is 30.3 Å². The number of hydrogen-bond acceptors (Lipinski definition) is 11. The fourth-order valence-corrected chi connectivity index (χ4v) is 7.97. The van der Waals surface area contributed by atoms with Gasteiger partial charge in [0.2, 0.25) is 27.7 Å². The van der Waals surface area contributed by atoms with Crippen molar-refractivity contribution in [3.8, 4) is 22.9 Å². The van der Waals surface area contributed by atoms with Crippen LogP contribution >= 0.6 is 0 Å². The Labute approximate surface area is 332 Å². The van der Waals surface area contributed by atoms with Crippen molar-refractivity contribution in [2.75, 3.05) is 20.8 Å². The highest BCUT2D eigenvalue weighted by atomic mass is 32.2. The van der Waals surface area contributed by atoms with Gasteiger partial charge >= 0.3 is 6.09 Å². The van der Waals surface area contributed by atoms with Crippen LogP contribution in [0.5, 0.6) is 11.6 Å². The minimum absolute atomic E-state index is 0. The third-order valence-electron chi connectivity index (χ3n) is 9.88. The lowest BCUT2D eigenvalue weighted by Crippen LogP contribution is -2.60. The molecule has 3 aliphatic rings. The lowest BCUT2D eigenvalue weighted by molar-refractivity contribution is -0.142. The van der Waals surface area contributed by atoms with Crippen LogP contribution in [0.3, 0.4) is 0 Å². The minimum atomic E-state index is -3.79. The number of nitrogens with one attached hydrogen (secondary N) is 3. The van der Waals surface area contributed by atoms with E-state index in [1.165, 1.54) is 11.0 Å². The Balaban J connectivity index is 0.000000460. The van der Waals surface area contributed by atoms with Crippen molar-refractivity contribution in [2.24, 2.45) is 11.3 Å². The van der Waals surface area contributed by atoms with Crippen LogP contribution in [0.25, 0.3) is 22.0 Å².